The van der Waals surface area contributed by atoms with Gasteiger partial charge < -0.3 is 10.1 Å². The first-order chi connectivity index (χ1) is 8.99. The van der Waals surface area contributed by atoms with Gasteiger partial charge in [0.25, 0.3) is 0 Å². The van der Waals surface area contributed by atoms with E-state index >= 15 is 0 Å². The lowest BCUT2D eigenvalue weighted by molar-refractivity contribution is 0.0639. The highest BCUT2D eigenvalue weighted by Crippen LogP contribution is 2.14. The third-order valence-electron chi connectivity index (χ3n) is 2.94. The lowest BCUT2D eigenvalue weighted by Gasteiger charge is -2.25. The Labute approximate surface area is 117 Å². The van der Waals surface area contributed by atoms with E-state index in [-0.39, 0.29) is 5.41 Å². The van der Waals surface area contributed by atoms with Crippen LogP contribution < -0.4 is 5.32 Å². The van der Waals surface area contributed by atoms with E-state index < -0.39 is 0 Å². The van der Waals surface area contributed by atoms with Gasteiger partial charge in [-0.2, -0.15) is 0 Å². The Balaban J connectivity index is 2.17. The number of benzene rings is 1. The van der Waals surface area contributed by atoms with Crippen molar-refractivity contribution in [1.82, 2.24) is 5.32 Å². The van der Waals surface area contributed by atoms with E-state index in [0.717, 1.165) is 32.7 Å². The topological polar surface area (TPSA) is 21.3 Å². The van der Waals surface area contributed by atoms with E-state index in [2.05, 4.69) is 50.0 Å². The van der Waals surface area contributed by atoms with Gasteiger partial charge in [-0.05, 0) is 18.9 Å². The van der Waals surface area contributed by atoms with E-state index in [1.54, 1.807) is 0 Å². The Kier molecular flexibility index (Phi) is 6.82. The molecule has 19 heavy (non-hydrogen) atoms. The quantitative estimate of drug-likeness (QED) is 0.539. The highest BCUT2D eigenvalue weighted by atomic mass is 16.5. The average molecular weight is 261 g/mol. The van der Waals surface area contributed by atoms with Crippen LogP contribution in [0.4, 0.5) is 0 Å². The molecule has 1 N–H and O–H groups in total. The van der Waals surface area contributed by atoms with Gasteiger partial charge in [-0.3, -0.25) is 0 Å². The van der Waals surface area contributed by atoms with Crippen molar-refractivity contribution in [3.8, 4) is 0 Å². The van der Waals surface area contributed by atoms with Crippen LogP contribution in [0.1, 0.15) is 32.8 Å². The molecule has 0 spiro atoms. The molecular weight excluding hydrogens is 234 g/mol. The van der Waals surface area contributed by atoms with Crippen molar-refractivity contribution in [2.45, 2.75) is 33.7 Å². The van der Waals surface area contributed by atoms with E-state index in [0.29, 0.717) is 0 Å². The maximum atomic E-state index is 5.71. The first-order valence-electron chi connectivity index (χ1n) is 6.96. The Morgan fingerprint density at radius 2 is 1.95 bits per heavy atom. The summed E-state index contributed by atoms with van der Waals surface area (Å²) in [7, 11) is 0. The van der Waals surface area contributed by atoms with Crippen molar-refractivity contribution in [3.05, 3.63) is 48.0 Å². The molecule has 0 aromatic heterocycles. The fraction of sp³-hybridized carbons (Fsp3) is 0.529. The molecule has 0 aliphatic rings. The van der Waals surface area contributed by atoms with E-state index in [1.165, 1.54) is 11.1 Å². The van der Waals surface area contributed by atoms with Gasteiger partial charge in [0.1, 0.15) is 0 Å². The zero-order chi connectivity index (χ0) is 14.1. The average Bonchev–Trinajstić information content (AvgIpc) is 2.36. The predicted molar refractivity (Wildman–Crippen MR) is 82.2 cm³/mol. The lowest BCUT2D eigenvalue weighted by Crippen LogP contribution is -2.33. The van der Waals surface area contributed by atoms with E-state index in [4.69, 9.17) is 4.74 Å². The van der Waals surface area contributed by atoms with Crippen molar-refractivity contribution in [2.75, 3.05) is 19.8 Å². The van der Waals surface area contributed by atoms with Crippen LogP contribution in [0.25, 0.3) is 0 Å². The zero-order valence-corrected chi connectivity index (χ0v) is 12.5. The standard InChI is InChI=1S/C17H27NO/c1-15(2)10-11-19-14-17(3,4)13-18-12-16-8-6-5-7-9-16/h5-9,18H,1,10-14H2,2-4H3. The second kappa shape index (κ2) is 8.13. The van der Waals surface area contributed by atoms with Gasteiger partial charge in [-0.25, -0.2) is 0 Å². The van der Waals surface area contributed by atoms with Crippen LogP contribution >= 0.6 is 0 Å². The normalized spacial score (nSPS) is 11.5. The second-order valence-electron chi connectivity index (χ2n) is 6.01. The molecule has 2 heteroatoms. The number of rotatable bonds is 9. The maximum absolute atomic E-state index is 5.71. The lowest BCUT2D eigenvalue weighted by atomic mass is 9.95. The summed E-state index contributed by atoms with van der Waals surface area (Å²) >= 11 is 0. The molecule has 1 aromatic rings. The molecular formula is C17H27NO. The molecule has 0 saturated carbocycles. The van der Waals surface area contributed by atoms with Gasteiger partial charge in [-0.15, -0.1) is 6.58 Å². The van der Waals surface area contributed by atoms with Gasteiger partial charge in [0.05, 0.1) is 13.2 Å². The Morgan fingerprint density at radius 3 is 2.58 bits per heavy atom. The minimum Gasteiger partial charge on any atom is -0.381 e. The Bertz CT molecular complexity index is 370. The molecule has 0 bridgehead atoms. The van der Waals surface area contributed by atoms with Gasteiger partial charge in [0.2, 0.25) is 0 Å². The third kappa shape index (κ3) is 7.81. The molecule has 0 fully saturated rings. The molecule has 0 radical (unpaired) electrons. The smallest absolute Gasteiger partial charge is 0.0529 e. The van der Waals surface area contributed by atoms with Gasteiger partial charge in [-0.1, -0.05) is 49.8 Å². The van der Waals surface area contributed by atoms with Crippen molar-refractivity contribution in [1.29, 1.82) is 0 Å². The molecule has 0 aliphatic carbocycles. The summed E-state index contributed by atoms with van der Waals surface area (Å²) in [6.07, 6.45) is 0.952. The number of ether oxygens (including phenoxy) is 1. The molecule has 0 saturated heterocycles. The van der Waals surface area contributed by atoms with Gasteiger partial charge in [0.15, 0.2) is 0 Å². The first kappa shape index (κ1) is 15.9. The van der Waals surface area contributed by atoms with Gasteiger partial charge in [0, 0.05) is 18.5 Å². The molecule has 106 valence electrons. The summed E-state index contributed by atoms with van der Waals surface area (Å²) < 4.78 is 5.71. The fourth-order valence-electron chi connectivity index (χ4n) is 1.79. The summed E-state index contributed by atoms with van der Waals surface area (Å²) in [5, 5.41) is 3.49. The van der Waals surface area contributed by atoms with Crippen molar-refractivity contribution in [2.24, 2.45) is 5.41 Å². The Morgan fingerprint density at radius 1 is 1.26 bits per heavy atom. The number of nitrogens with one attached hydrogen (secondary N) is 1. The number of hydrogen-bond donors (Lipinski definition) is 1. The van der Waals surface area contributed by atoms with E-state index in [9.17, 15) is 0 Å². The highest BCUT2D eigenvalue weighted by Gasteiger charge is 2.17. The largest absolute Gasteiger partial charge is 0.381 e. The van der Waals surface area contributed by atoms with Crippen molar-refractivity contribution >= 4 is 0 Å². The number of hydrogen-bond acceptors (Lipinski definition) is 2. The third-order valence-corrected chi connectivity index (χ3v) is 2.94. The second-order valence-corrected chi connectivity index (χ2v) is 6.01. The van der Waals surface area contributed by atoms with Crippen LogP contribution in [0.5, 0.6) is 0 Å². The maximum Gasteiger partial charge on any atom is 0.0529 e. The van der Waals surface area contributed by atoms with Crippen molar-refractivity contribution < 1.29 is 4.74 Å². The Hall–Kier alpha value is -1.12. The van der Waals surface area contributed by atoms with Crippen LogP contribution in [-0.4, -0.2) is 19.8 Å². The zero-order valence-electron chi connectivity index (χ0n) is 12.5. The summed E-state index contributed by atoms with van der Waals surface area (Å²) in [6, 6.07) is 10.5. The monoisotopic (exact) mass is 261 g/mol. The summed E-state index contributed by atoms with van der Waals surface area (Å²) in [4.78, 5) is 0. The summed E-state index contributed by atoms with van der Waals surface area (Å²) in [5.41, 5.74) is 2.66. The molecule has 0 atom stereocenters. The molecule has 0 heterocycles. The minimum absolute atomic E-state index is 0.157. The molecule has 2 nitrogen and oxygen atoms in total. The molecule has 0 aliphatic heterocycles. The van der Waals surface area contributed by atoms with E-state index in [1.807, 2.05) is 13.0 Å². The van der Waals surface area contributed by atoms with Crippen LogP contribution in [0.15, 0.2) is 42.5 Å². The summed E-state index contributed by atoms with van der Waals surface area (Å²) in [5.74, 6) is 0. The molecule has 0 unspecified atom stereocenters. The van der Waals surface area contributed by atoms with Gasteiger partial charge >= 0.3 is 0 Å². The van der Waals surface area contributed by atoms with Crippen molar-refractivity contribution in [3.63, 3.8) is 0 Å². The fourth-order valence-corrected chi connectivity index (χ4v) is 1.79. The minimum atomic E-state index is 0.157. The highest BCUT2D eigenvalue weighted by molar-refractivity contribution is 5.14. The van der Waals surface area contributed by atoms with Crippen LogP contribution in [0, 0.1) is 5.41 Å². The predicted octanol–water partition coefficient (Wildman–Crippen LogP) is 3.79. The van der Waals surface area contributed by atoms with Crippen LogP contribution in [0.3, 0.4) is 0 Å². The van der Waals surface area contributed by atoms with Crippen LogP contribution in [-0.2, 0) is 11.3 Å². The molecule has 0 amide bonds. The summed E-state index contributed by atoms with van der Waals surface area (Å²) in [6.45, 7) is 13.8. The molecule has 1 aromatic carbocycles. The SMILES string of the molecule is C=C(C)CCOCC(C)(C)CNCc1ccccc1. The van der Waals surface area contributed by atoms with Crippen LogP contribution in [0.2, 0.25) is 0 Å². The molecule has 1 rings (SSSR count). The first-order valence-corrected chi connectivity index (χ1v) is 6.96.